The van der Waals surface area contributed by atoms with E-state index >= 15 is 0 Å². The summed E-state index contributed by atoms with van der Waals surface area (Å²) >= 11 is 0. The molecular formula is C13H18N2O3. The second-order valence-electron chi connectivity index (χ2n) is 4.51. The monoisotopic (exact) mass is 250 g/mol. The fraction of sp³-hybridized carbons (Fsp3) is 0.538. The molecule has 5 nitrogen and oxygen atoms in total. The van der Waals surface area contributed by atoms with Crippen LogP contribution in [0.1, 0.15) is 19.3 Å². The third kappa shape index (κ3) is 3.70. The van der Waals surface area contributed by atoms with Gasteiger partial charge in [-0.3, -0.25) is 10.1 Å². The molecule has 0 aromatic heterocycles. The van der Waals surface area contributed by atoms with Gasteiger partial charge in [0.05, 0.1) is 17.6 Å². The van der Waals surface area contributed by atoms with Gasteiger partial charge in [-0.15, -0.1) is 0 Å². The topological polar surface area (TPSA) is 55.6 Å². The van der Waals surface area contributed by atoms with Gasteiger partial charge in [0, 0.05) is 12.6 Å². The number of benzene rings is 1. The molecule has 0 amide bonds. The van der Waals surface area contributed by atoms with E-state index in [0.717, 1.165) is 13.0 Å². The van der Waals surface area contributed by atoms with Crippen LogP contribution in [0.5, 0.6) is 5.75 Å². The Kier molecular flexibility index (Phi) is 4.52. The highest BCUT2D eigenvalue weighted by Crippen LogP contribution is 2.19. The fourth-order valence-corrected chi connectivity index (χ4v) is 2.17. The molecule has 1 fully saturated rings. The predicted octanol–water partition coefficient (Wildman–Crippen LogP) is 2.46. The van der Waals surface area contributed by atoms with E-state index in [2.05, 4.69) is 4.90 Å². The number of rotatable bonds is 6. The summed E-state index contributed by atoms with van der Waals surface area (Å²) in [4.78, 5) is 12.6. The van der Waals surface area contributed by atoms with Crippen LogP contribution in [0.15, 0.2) is 24.3 Å². The summed E-state index contributed by atoms with van der Waals surface area (Å²) in [7, 11) is 0. The number of nitrogens with zero attached hydrogens (tertiary/aromatic N) is 2. The minimum absolute atomic E-state index is 0.0760. The number of ether oxygens (including phenoxy) is 1. The Labute approximate surface area is 107 Å². The number of nitro groups is 1. The lowest BCUT2D eigenvalue weighted by atomic mass is 10.3. The average molecular weight is 250 g/mol. The van der Waals surface area contributed by atoms with Crippen LogP contribution in [0, 0.1) is 10.1 Å². The summed E-state index contributed by atoms with van der Waals surface area (Å²) in [6.45, 7) is 4.04. The van der Waals surface area contributed by atoms with E-state index in [1.54, 1.807) is 12.1 Å². The zero-order valence-corrected chi connectivity index (χ0v) is 10.4. The quantitative estimate of drug-likeness (QED) is 0.442. The van der Waals surface area contributed by atoms with Crippen molar-refractivity contribution in [1.82, 2.24) is 4.90 Å². The molecule has 0 saturated carbocycles. The zero-order chi connectivity index (χ0) is 12.8. The number of hydrogen-bond donors (Lipinski definition) is 0. The van der Waals surface area contributed by atoms with Gasteiger partial charge < -0.3 is 9.64 Å². The van der Waals surface area contributed by atoms with Gasteiger partial charge >= 0.3 is 0 Å². The molecule has 18 heavy (non-hydrogen) atoms. The standard InChI is InChI=1S/C13H18N2O3/c16-15(17)12-5-3-6-13(11-12)18-10-4-9-14-7-1-2-8-14/h3,5-6,11H,1-2,4,7-10H2. The van der Waals surface area contributed by atoms with Crippen molar-refractivity contribution < 1.29 is 9.66 Å². The molecule has 0 spiro atoms. The van der Waals surface area contributed by atoms with Crippen LogP contribution < -0.4 is 4.74 Å². The molecule has 1 heterocycles. The first-order valence-corrected chi connectivity index (χ1v) is 6.35. The molecule has 5 heteroatoms. The first-order valence-electron chi connectivity index (χ1n) is 6.35. The summed E-state index contributed by atoms with van der Waals surface area (Å²) in [5.41, 5.74) is 0.0760. The van der Waals surface area contributed by atoms with Crippen LogP contribution in [0.2, 0.25) is 0 Å². The van der Waals surface area contributed by atoms with Crippen molar-refractivity contribution in [3.8, 4) is 5.75 Å². The second kappa shape index (κ2) is 6.35. The molecule has 1 aromatic carbocycles. The first kappa shape index (κ1) is 12.8. The highest BCUT2D eigenvalue weighted by Gasteiger charge is 2.10. The summed E-state index contributed by atoms with van der Waals surface area (Å²) in [6, 6.07) is 6.34. The van der Waals surface area contributed by atoms with Gasteiger partial charge in [0.1, 0.15) is 5.75 Å². The molecule has 2 rings (SSSR count). The summed E-state index contributed by atoms with van der Waals surface area (Å²) in [6.07, 6.45) is 3.56. The second-order valence-corrected chi connectivity index (χ2v) is 4.51. The van der Waals surface area contributed by atoms with E-state index in [0.29, 0.717) is 12.4 Å². The lowest BCUT2D eigenvalue weighted by Gasteiger charge is -2.14. The van der Waals surface area contributed by atoms with Gasteiger partial charge in [-0.25, -0.2) is 0 Å². The van der Waals surface area contributed by atoms with Crippen LogP contribution >= 0.6 is 0 Å². The van der Waals surface area contributed by atoms with Crippen LogP contribution in [0.3, 0.4) is 0 Å². The van der Waals surface area contributed by atoms with Gasteiger partial charge in [-0.2, -0.15) is 0 Å². The highest BCUT2D eigenvalue weighted by atomic mass is 16.6. The van der Waals surface area contributed by atoms with Gasteiger partial charge in [0.15, 0.2) is 0 Å². The van der Waals surface area contributed by atoms with Crippen molar-refractivity contribution in [3.05, 3.63) is 34.4 Å². The Balaban J connectivity index is 1.72. The van der Waals surface area contributed by atoms with E-state index < -0.39 is 4.92 Å². The molecule has 0 unspecified atom stereocenters. The van der Waals surface area contributed by atoms with Crippen LogP contribution in [-0.2, 0) is 0 Å². The molecule has 0 bridgehead atoms. The van der Waals surface area contributed by atoms with Gasteiger partial charge in [0.25, 0.3) is 5.69 Å². The SMILES string of the molecule is O=[N+]([O-])c1cccc(OCCCN2CCCC2)c1. The minimum Gasteiger partial charge on any atom is -0.493 e. The fourth-order valence-electron chi connectivity index (χ4n) is 2.17. The van der Waals surface area contributed by atoms with Crippen LogP contribution in [0.4, 0.5) is 5.69 Å². The van der Waals surface area contributed by atoms with Gasteiger partial charge in [-0.1, -0.05) is 6.07 Å². The molecule has 0 radical (unpaired) electrons. The predicted molar refractivity (Wildman–Crippen MR) is 68.9 cm³/mol. The Morgan fingerprint density at radius 3 is 2.83 bits per heavy atom. The van der Waals surface area contributed by atoms with Crippen molar-refractivity contribution in [2.24, 2.45) is 0 Å². The van der Waals surface area contributed by atoms with E-state index in [1.165, 1.54) is 38.1 Å². The maximum Gasteiger partial charge on any atom is 0.273 e. The number of hydrogen-bond acceptors (Lipinski definition) is 4. The Bertz CT molecular complexity index is 403. The Morgan fingerprint density at radius 1 is 1.33 bits per heavy atom. The smallest absolute Gasteiger partial charge is 0.273 e. The minimum atomic E-state index is -0.406. The Hall–Kier alpha value is -1.62. The van der Waals surface area contributed by atoms with E-state index in [4.69, 9.17) is 4.74 Å². The van der Waals surface area contributed by atoms with Crippen LogP contribution in [0.25, 0.3) is 0 Å². The van der Waals surface area contributed by atoms with Gasteiger partial charge in [-0.05, 0) is 38.4 Å². The largest absolute Gasteiger partial charge is 0.493 e. The average Bonchev–Trinajstić information content (AvgIpc) is 2.88. The maximum atomic E-state index is 10.6. The molecule has 0 aliphatic carbocycles. The van der Waals surface area contributed by atoms with Crippen molar-refractivity contribution in [3.63, 3.8) is 0 Å². The molecule has 0 N–H and O–H groups in total. The lowest BCUT2D eigenvalue weighted by Crippen LogP contribution is -2.21. The van der Waals surface area contributed by atoms with Crippen molar-refractivity contribution >= 4 is 5.69 Å². The van der Waals surface area contributed by atoms with Crippen molar-refractivity contribution in [2.75, 3.05) is 26.2 Å². The highest BCUT2D eigenvalue weighted by molar-refractivity contribution is 5.37. The molecule has 1 aliphatic heterocycles. The number of non-ortho nitro benzene ring substituents is 1. The molecule has 1 saturated heterocycles. The maximum absolute atomic E-state index is 10.6. The third-order valence-electron chi connectivity index (χ3n) is 3.11. The number of nitro benzene ring substituents is 1. The number of likely N-dealkylation sites (tertiary alicyclic amines) is 1. The first-order chi connectivity index (χ1) is 8.75. The van der Waals surface area contributed by atoms with E-state index in [1.807, 2.05) is 0 Å². The molecular weight excluding hydrogens is 232 g/mol. The summed E-state index contributed by atoms with van der Waals surface area (Å²) < 4.78 is 5.53. The zero-order valence-electron chi connectivity index (χ0n) is 10.4. The molecule has 98 valence electrons. The summed E-state index contributed by atoms with van der Waals surface area (Å²) in [5.74, 6) is 0.575. The van der Waals surface area contributed by atoms with E-state index in [9.17, 15) is 10.1 Å². The van der Waals surface area contributed by atoms with E-state index in [-0.39, 0.29) is 5.69 Å². The lowest BCUT2D eigenvalue weighted by molar-refractivity contribution is -0.384. The molecule has 1 aromatic rings. The normalized spacial score (nSPS) is 15.8. The van der Waals surface area contributed by atoms with Crippen molar-refractivity contribution in [2.45, 2.75) is 19.3 Å². The Morgan fingerprint density at radius 2 is 2.11 bits per heavy atom. The third-order valence-corrected chi connectivity index (χ3v) is 3.11. The summed E-state index contributed by atoms with van der Waals surface area (Å²) in [5, 5.41) is 10.6. The van der Waals surface area contributed by atoms with Gasteiger partial charge in [0.2, 0.25) is 0 Å². The molecule has 1 aliphatic rings. The van der Waals surface area contributed by atoms with Crippen molar-refractivity contribution in [1.29, 1.82) is 0 Å². The molecule has 0 atom stereocenters. The van der Waals surface area contributed by atoms with Crippen LogP contribution in [-0.4, -0.2) is 36.1 Å².